The van der Waals surface area contributed by atoms with Crippen LogP contribution in [0.1, 0.15) is 16.7 Å². The molecule has 2 aromatic rings. The first-order valence-electron chi connectivity index (χ1n) is 6.97. The van der Waals surface area contributed by atoms with E-state index in [-0.39, 0.29) is 11.9 Å². The minimum Gasteiger partial charge on any atom is -0.489 e. The number of halogens is 1. The number of aryl methyl sites for hydroxylation is 2. The number of hydrogen-bond donors (Lipinski definition) is 1. The molecule has 3 rings (SSSR count). The first-order valence-corrected chi connectivity index (χ1v) is 6.97. The van der Waals surface area contributed by atoms with Gasteiger partial charge in [0.05, 0.1) is 0 Å². The molecule has 0 aliphatic carbocycles. The van der Waals surface area contributed by atoms with Crippen LogP contribution < -0.4 is 15.2 Å². The maximum atomic E-state index is 13.2. The molecule has 21 heavy (non-hydrogen) atoms. The van der Waals surface area contributed by atoms with Crippen LogP contribution in [-0.2, 0) is 6.42 Å². The fraction of sp³-hybridized carbons (Fsp3) is 0.294. The third-order valence-electron chi connectivity index (χ3n) is 3.66. The Kier molecular flexibility index (Phi) is 3.45. The Morgan fingerprint density at radius 3 is 2.67 bits per heavy atom. The van der Waals surface area contributed by atoms with E-state index in [2.05, 4.69) is 0 Å². The molecular weight excluding hydrogens is 269 g/mol. The summed E-state index contributed by atoms with van der Waals surface area (Å²) in [5.74, 6) is 1.36. The summed E-state index contributed by atoms with van der Waals surface area (Å²) in [5, 5.41) is 0. The van der Waals surface area contributed by atoms with Gasteiger partial charge in [0.2, 0.25) is 0 Å². The van der Waals surface area contributed by atoms with Crippen molar-refractivity contribution in [2.24, 2.45) is 0 Å². The largest absolute Gasteiger partial charge is 0.489 e. The van der Waals surface area contributed by atoms with Crippen molar-refractivity contribution in [1.29, 1.82) is 0 Å². The van der Waals surface area contributed by atoms with Crippen LogP contribution in [0.2, 0.25) is 0 Å². The highest BCUT2D eigenvalue weighted by atomic mass is 19.1. The van der Waals surface area contributed by atoms with E-state index >= 15 is 0 Å². The minimum absolute atomic E-state index is 0.0850. The summed E-state index contributed by atoms with van der Waals surface area (Å²) in [4.78, 5) is 0. The maximum Gasteiger partial charge on any atom is 0.137 e. The molecule has 2 aromatic carbocycles. The van der Waals surface area contributed by atoms with Gasteiger partial charge >= 0.3 is 0 Å². The van der Waals surface area contributed by atoms with Gasteiger partial charge in [0.1, 0.15) is 30.0 Å². The quantitative estimate of drug-likeness (QED) is 0.880. The van der Waals surface area contributed by atoms with Crippen molar-refractivity contribution < 1.29 is 13.9 Å². The zero-order chi connectivity index (χ0) is 15.0. The number of nitrogens with two attached hydrogens (primary N) is 1. The number of nitrogen functional groups attached to an aromatic ring is 1. The van der Waals surface area contributed by atoms with Gasteiger partial charge in [-0.05, 0) is 55.3 Å². The lowest BCUT2D eigenvalue weighted by molar-refractivity contribution is 0.147. The smallest absolute Gasteiger partial charge is 0.137 e. The number of benzene rings is 2. The second kappa shape index (κ2) is 5.28. The summed E-state index contributed by atoms with van der Waals surface area (Å²) in [6.07, 6.45) is 0.582. The summed E-state index contributed by atoms with van der Waals surface area (Å²) in [5.41, 5.74) is 9.45. The van der Waals surface area contributed by atoms with Crippen LogP contribution in [0.5, 0.6) is 11.5 Å². The lowest BCUT2D eigenvalue weighted by atomic mass is 10.1. The zero-order valence-corrected chi connectivity index (χ0v) is 12.2. The number of rotatable bonds is 3. The average Bonchev–Trinajstić information content (AvgIpc) is 2.79. The molecule has 1 unspecified atom stereocenters. The first-order chi connectivity index (χ1) is 10.0. The van der Waals surface area contributed by atoms with Gasteiger partial charge in [0, 0.05) is 17.7 Å². The Morgan fingerprint density at radius 1 is 1.24 bits per heavy atom. The van der Waals surface area contributed by atoms with Crippen molar-refractivity contribution >= 4 is 5.69 Å². The third-order valence-corrected chi connectivity index (χ3v) is 3.66. The van der Waals surface area contributed by atoms with Crippen molar-refractivity contribution in [3.8, 4) is 11.5 Å². The molecule has 0 saturated heterocycles. The minimum atomic E-state index is -0.232. The second-order valence-corrected chi connectivity index (χ2v) is 5.49. The molecule has 0 amide bonds. The van der Waals surface area contributed by atoms with E-state index in [1.807, 2.05) is 26.0 Å². The van der Waals surface area contributed by atoms with Crippen LogP contribution in [0, 0.1) is 19.7 Å². The van der Waals surface area contributed by atoms with E-state index in [9.17, 15) is 4.39 Å². The summed E-state index contributed by atoms with van der Waals surface area (Å²) >= 11 is 0. The number of anilines is 1. The Balaban J connectivity index is 1.68. The molecule has 0 spiro atoms. The lowest BCUT2D eigenvalue weighted by Crippen LogP contribution is -2.22. The Labute approximate surface area is 123 Å². The highest BCUT2D eigenvalue weighted by molar-refractivity contribution is 5.52. The predicted octanol–water partition coefficient (Wildman–Crippen LogP) is 3.41. The molecular formula is C17H18FNO2. The molecule has 1 aliphatic heterocycles. The lowest BCUT2D eigenvalue weighted by Gasteiger charge is -2.16. The van der Waals surface area contributed by atoms with Crippen molar-refractivity contribution in [1.82, 2.24) is 0 Å². The average molecular weight is 287 g/mol. The second-order valence-electron chi connectivity index (χ2n) is 5.49. The van der Waals surface area contributed by atoms with E-state index < -0.39 is 0 Å². The van der Waals surface area contributed by atoms with Gasteiger partial charge in [-0.15, -0.1) is 0 Å². The molecule has 1 atom stereocenters. The van der Waals surface area contributed by atoms with Crippen LogP contribution in [0.25, 0.3) is 0 Å². The van der Waals surface area contributed by atoms with Crippen molar-refractivity contribution in [3.63, 3.8) is 0 Å². The molecule has 0 saturated carbocycles. The Hall–Kier alpha value is -2.23. The van der Waals surface area contributed by atoms with Crippen LogP contribution >= 0.6 is 0 Å². The van der Waals surface area contributed by atoms with Gasteiger partial charge in [-0.1, -0.05) is 0 Å². The first kappa shape index (κ1) is 13.7. The molecule has 0 aromatic heterocycles. The fourth-order valence-electron chi connectivity index (χ4n) is 2.77. The summed E-state index contributed by atoms with van der Waals surface area (Å²) in [6.45, 7) is 4.37. The summed E-state index contributed by atoms with van der Waals surface area (Å²) < 4.78 is 24.8. The standard InChI is InChI=1S/C17H18FNO2/c1-10-5-14(19)6-11(2)17(10)20-9-15-8-12-7-13(18)3-4-16(12)21-15/h3-7,15H,8-9,19H2,1-2H3. The van der Waals surface area contributed by atoms with E-state index in [0.29, 0.717) is 13.0 Å². The highest BCUT2D eigenvalue weighted by Gasteiger charge is 2.24. The number of fused-ring (bicyclic) bond motifs is 1. The third kappa shape index (κ3) is 2.79. The summed E-state index contributed by atoms with van der Waals surface area (Å²) in [6, 6.07) is 8.39. The fourth-order valence-corrected chi connectivity index (χ4v) is 2.77. The van der Waals surface area contributed by atoms with Gasteiger partial charge in [-0.3, -0.25) is 0 Å². The van der Waals surface area contributed by atoms with E-state index in [1.165, 1.54) is 12.1 Å². The molecule has 2 N–H and O–H groups in total. The SMILES string of the molecule is Cc1cc(N)cc(C)c1OCC1Cc2cc(F)ccc2O1. The van der Waals surface area contributed by atoms with Gasteiger partial charge in [-0.25, -0.2) is 4.39 Å². The highest BCUT2D eigenvalue weighted by Crippen LogP contribution is 2.31. The van der Waals surface area contributed by atoms with Crippen LogP contribution in [0.3, 0.4) is 0 Å². The Morgan fingerprint density at radius 2 is 1.95 bits per heavy atom. The van der Waals surface area contributed by atoms with Gasteiger partial charge in [0.15, 0.2) is 0 Å². The van der Waals surface area contributed by atoms with Gasteiger partial charge < -0.3 is 15.2 Å². The molecule has 1 heterocycles. The zero-order valence-electron chi connectivity index (χ0n) is 12.2. The van der Waals surface area contributed by atoms with Crippen molar-refractivity contribution in [2.45, 2.75) is 26.4 Å². The normalized spacial score (nSPS) is 16.4. The monoisotopic (exact) mass is 287 g/mol. The van der Waals surface area contributed by atoms with E-state index in [1.54, 1.807) is 6.07 Å². The number of hydrogen-bond acceptors (Lipinski definition) is 3. The van der Waals surface area contributed by atoms with Crippen LogP contribution in [0.15, 0.2) is 30.3 Å². The molecule has 0 fully saturated rings. The Bertz CT molecular complexity index is 661. The molecule has 4 heteroatoms. The van der Waals surface area contributed by atoms with Crippen LogP contribution in [0.4, 0.5) is 10.1 Å². The van der Waals surface area contributed by atoms with E-state index in [4.69, 9.17) is 15.2 Å². The van der Waals surface area contributed by atoms with Crippen molar-refractivity contribution in [2.75, 3.05) is 12.3 Å². The molecule has 3 nitrogen and oxygen atoms in total. The van der Waals surface area contributed by atoms with Gasteiger partial charge in [-0.2, -0.15) is 0 Å². The predicted molar refractivity (Wildman–Crippen MR) is 80.3 cm³/mol. The molecule has 0 radical (unpaired) electrons. The topological polar surface area (TPSA) is 44.5 Å². The van der Waals surface area contributed by atoms with Crippen molar-refractivity contribution in [3.05, 3.63) is 52.8 Å². The van der Waals surface area contributed by atoms with Crippen LogP contribution in [-0.4, -0.2) is 12.7 Å². The maximum absolute atomic E-state index is 13.2. The van der Waals surface area contributed by atoms with E-state index in [0.717, 1.165) is 33.9 Å². The molecule has 110 valence electrons. The van der Waals surface area contributed by atoms with Gasteiger partial charge in [0.25, 0.3) is 0 Å². The summed E-state index contributed by atoms with van der Waals surface area (Å²) in [7, 11) is 0. The molecule has 1 aliphatic rings. The number of ether oxygens (including phenoxy) is 2. The molecule has 0 bridgehead atoms.